The highest BCUT2D eigenvalue weighted by Gasteiger charge is 2.32. The number of benzene rings is 1. The summed E-state index contributed by atoms with van der Waals surface area (Å²) in [4.78, 5) is 17.9. The van der Waals surface area contributed by atoms with Crippen molar-refractivity contribution in [3.05, 3.63) is 62.5 Å². The molecule has 0 spiro atoms. The Morgan fingerprint density at radius 2 is 1.78 bits per heavy atom. The van der Waals surface area contributed by atoms with E-state index in [1.807, 2.05) is 38.1 Å². The number of pyridine rings is 1. The molecule has 1 fully saturated rings. The van der Waals surface area contributed by atoms with Crippen molar-refractivity contribution in [2.24, 2.45) is 0 Å². The van der Waals surface area contributed by atoms with Crippen LogP contribution in [0, 0.1) is 6.92 Å². The van der Waals surface area contributed by atoms with Crippen LogP contribution in [0.2, 0.25) is 5.02 Å². The Balaban J connectivity index is 2.15. The third-order valence-corrected chi connectivity index (χ3v) is 5.88. The van der Waals surface area contributed by atoms with Gasteiger partial charge in [-0.1, -0.05) is 36.7 Å². The summed E-state index contributed by atoms with van der Waals surface area (Å²) in [6.07, 6.45) is 0. The molecule has 1 aliphatic heterocycles. The van der Waals surface area contributed by atoms with E-state index in [9.17, 15) is 9.90 Å². The Morgan fingerprint density at radius 1 is 1.11 bits per heavy atom. The molecular formula is C21H28ClN3O2. The summed E-state index contributed by atoms with van der Waals surface area (Å²) in [6.45, 7) is 11.1. The molecule has 0 radical (unpaired) electrons. The minimum absolute atomic E-state index is 0.0463. The molecule has 1 saturated heterocycles. The van der Waals surface area contributed by atoms with E-state index >= 15 is 0 Å². The standard InChI is InChI=1S/C21H28ClN3O2/c1-4-23-10-12-24(13-11-23)20(16-8-6-7-9-17(16)22)19-18(26)14-15(3)25(5-2)21(19)27/h6-9,14,20,26H,4-5,10-13H2,1-3H3. The van der Waals surface area contributed by atoms with Crippen molar-refractivity contribution in [1.82, 2.24) is 14.4 Å². The van der Waals surface area contributed by atoms with E-state index in [4.69, 9.17) is 11.6 Å². The fourth-order valence-corrected chi connectivity index (χ4v) is 4.23. The van der Waals surface area contributed by atoms with Crippen LogP contribution in [-0.2, 0) is 6.54 Å². The topological polar surface area (TPSA) is 48.7 Å². The number of hydrogen-bond acceptors (Lipinski definition) is 4. The molecule has 0 bridgehead atoms. The summed E-state index contributed by atoms with van der Waals surface area (Å²) >= 11 is 6.53. The number of nitrogens with zero attached hydrogens (tertiary/aromatic N) is 3. The van der Waals surface area contributed by atoms with Gasteiger partial charge in [0.25, 0.3) is 5.56 Å². The molecule has 0 saturated carbocycles. The van der Waals surface area contributed by atoms with Gasteiger partial charge in [-0.25, -0.2) is 0 Å². The lowest BCUT2D eigenvalue weighted by molar-refractivity contribution is 0.112. The summed E-state index contributed by atoms with van der Waals surface area (Å²) in [5, 5.41) is 11.4. The molecular weight excluding hydrogens is 362 g/mol. The minimum atomic E-state index is -0.358. The maximum Gasteiger partial charge on any atom is 0.259 e. The summed E-state index contributed by atoms with van der Waals surface area (Å²) in [5.74, 6) is 0.0463. The number of hydrogen-bond donors (Lipinski definition) is 1. The first-order valence-electron chi connectivity index (χ1n) is 9.62. The van der Waals surface area contributed by atoms with E-state index in [-0.39, 0.29) is 17.4 Å². The number of piperazine rings is 1. The van der Waals surface area contributed by atoms with Crippen LogP contribution in [0.15, 0.2) is 35.1 Å². The van der Waals surface area contributed by atoms with Gasteiger partial charge in [0.15, 0.2) is 0 Å². The van der Waals surface area contributed by atoms with Crippen LogP contribution >= 0.6 is 11.6 Å². The molecule has 5 nitrogen and oxygen atoms in total. The van der Waals surface area contributed by atoms with Crippen LogP contribution < -0.4 is 5.56 Å². The van der Waals surface area contributed by atoms with Gasteiger partial charge in [-0.3, -0.25) is 9.69 Å². The summed E-state index contributed by atoms with van der Waals surface area (Å²) in [7, 11) is 0. The van der Waals surface area contributed by atoms with E-state index in [1.165, 1.54) is 0 Å². The number of likely N-dealkylation sites (N-methyl/N-ethyl adjacent to an activating group) is 1. The zero-order valence-corrected chi connectivity index (χ0v) is 17.0. The van der Waals surface area contributed by atoms with Crippen molar-refractivity contribution >= 4 is 11.6 Å². The molecule has 1 atom stereocenters. The highest BCUT2D eigenvalue weighted by Crippen LogP contribution is 2.36. The second-order valence-corrected chi connectivity index (χ2v) is 7.44. The molecule has 1 unspecified atom stereocenters. The second-order valence-electron chi connectivity index (χ2n) is 7.03. The van der Waals surface area contributed by atoms with Gasteiger partial charge in [-0.15, -0.1) is 0 Å². The molecule has 0 amide bonds. The molecule has 1 aromatic carbocycles. The van der Waals surface area contributed by atoms with Crippen molar-refractivity contribution < 1.29 is 5.11 Å². The number of aryl methyl sites for hydroxylation is 1. The van der Waals surface area contributed by atoms with E-state index in [0.717, 1.165) is 44.0 Å². The fraction of sp³-hybridized carbons (Fsp3) is 0.476. The van der Waals surface area contributed by atoms with Gasteiger partial charge in [0.05, 0.1) is 11.6 Å². The van der Waals surface area contributed by atoms with E-state index < -0.39 is 0 Å². The summed E-state index contributed by atoms with van der Waals surface area (Å²) in [6, 6.07) is 8.94. The van der Waals surface area contributed by atoms with E-state index in [1.54, 1.807) is 10.6 Å². The van der Waals surface area contributed by atoms with Crippen LogP contribution in [0.3, 0.4) is 0 Å². The first-order valence-corrected chi connectivity index (χ1v) is 9.99. The Hall–Kier alpha value is -1.82. The molecule has 1 N–H and O–H groups in total. The first-order chi connectivity index (χ1) is 13.0. The van der Waals surface area contributed by atoms with Gasteiger partial charge in [-0.2, -0.15) is 0 Å². The van der Waals surface area contributed by atoms with Gasteiger partial charge >= 0.3 is 0 Å². The van der Waals surface area contributed by atoms with Crippen molar-refractivity contribution in [2.45, 2.75) is 33.4 Å². The Kier molecular flexibility index (Phi) is 6.25. The van der Waals surface area contributed by atoms with Gasteiger partial charge in [0.1, 0.15) is 5.75 Å². The molecule has 3 rings (SSSR count). The minimum Gasteiger partial charge on any atom is -0.507 e. The predicted octanol–water partition coefficient (Wildman–Crippen LogP) is 3.26. The SMILES string of the molecule is CCN1CCN(C(c2ccccc2Cl)c2c(O)cc(C)n(CC)c2=O)CC1. The van der Waals surface area contributed by atoms with Crippen molar-refractivity contribution in [3.63, 3.8) is 0 Å². The third kappa shape index (κ3) is 3.91. The van der Waals surface area contributed by atoms with Crippen molar-refractivity contribution in [3.8, 4) is 5.75 Å². The molecule has 146 valence electrons. The molecule has 0 aliphatic carbocycles. The van der Waals surface area contributed by atoms with Crippen LogP contribution in [0.1, 0.15) is 36.7 Å². The lowest BCUT2D eigenvalue weighted by Gasteiger charge is -2.39. The quantitative estimate of drug-likeness (QED) is 0.852. The maximum absolute atomic E-state index is 13.3. The average Bonchev–Trinajstić information content (AvgIpc) is 2.66. The third-order valence-electron chi connectivity index (χ3n) is 5.53. The van der Waals surface area contributed by atoms with Gasteiger partial charge < -0.3 is 14.6 Å². The summed E-state index contributed by atoms with van der Waals surface area (Å²) in [5.41, 5.74) is 1.90. The van der Waals surface area contributed by atoms with Crippen LogP contribution in [0.4, 0.5) is 0 Å². The van der Waals surface area contributed by atoms with Gasteiger partial charge in [-0.05, 0) is 38.1 Å². The number of aromatic hydroxyl groups is 1. The Labute approximate surface area is 165 Å². The number of rotatable bonds is 5. The molecule has 27 heavy (non-hydrogen) atoms. The maximum atomic E-state index is 13.3. The van der Waals surface area contributed by atoms with Crippen LogP contribution in [0.5, 0.6) is 5.75 Å². The lowest BCUT2D eigenvalue weighted by atomic mass is 9.96. The Bertz CT molecular complexity index is 857. The number of aromatic nitrogens is 1. The zero-order chi connectivity index (χ0) is 19.6. The van der Waals surface area contributed by atoms with Crippen molar-refractivity contribution in [2.75, 3.05) is 32.7 Å². The first kappa shape index (κ1) is 19.9. The predicted molar refractivity (Wildman–Crippen MR) is 110 cm³/mol. The van der Waals surface area contributed by atoms with Crippen molar-refractivity contribution in [1.29, 1.82) is 0 Å². The van der Waals surface area contributed by atoms with E-state index in [0.29, 0.717) is 17.1 Å². The van der Waals surface area contributed by atoms with Crippen LogP contribution in [-0.4, -0.2) is 52.2 Å². The largest absolute Gasteiger partial charge is 0.507 e. The zero-order valence-electron chi connectivity index (χ0n) is 16.3. The molecule has 2 heterocycles. The van der Waals surface area contributed by atoms with Gasteiger partial charge in [0, 0.05) is 43.4 Å². The smallest absolute Gasteiger partial charge is 0.259 e. The lowest BCUT2D eigenvalue weighted by Crippen LogP contribution is -2.48. The fourth-order valence-electron chi connectivity index (χ4n) is 3.99. The Morgan fingerprint density at radius 3 is 2.37 bits per heavy atom. The van der Waals surface area contributed by atoms with E-state index in [2.05, 4.69) is 16.7 Å². The summed E-state index contributed by atoms with van der Waals surface area (Å²) < 4.78 is 1.71. The number of halogens is 1. The van der Waals surface area contributed by atoms with Crippen LogP contribution in [0.25, 0.3) is 0 Å². The highest BCUT2D eigenvalue weighted by molar-refractivity contribution is 6.31. The molecule has 6 heteroatoms. The molecule has 1 aromatic heterocycles. The highest BCUT2D eigenvalue weighted by atomic mass is 35.5. The average molecular weight is 390 g/mol. The molecule has 2 aromatic rings. The second kappa shape index (κ2) is 8.46. The normalized spacial score (nSPS) is 17.2. The monoisotopic (exact) mass is 389 g/mol. The van der Waals surface area contributed by atoms with Gasteiger partial charge in [0.2, 0.25) is 0 Å². The molecule has 1 aliphatic rings.